The molecule has 2 aromatic rings. The number of halogens is 1. The minimum atomic E-state index is -1.00. The Morgan fingerprint density at radius 2 is 1.94 bits per heavy atom. The molecule has 0 spiro atoms. The molecule has 4 rings (SSSR count). The van der Waals surface area contributed by atoms with Crippen molar-refractivity contribution in [3.05, 3.63) is 52.5 Å². The van der Waals surface area contributed by atoms with Crippen molar-refractivity contribution in [3.8, 4) is 0 Å². The van der Waals surface area contributed by atoms with Crippen LogP contribution in [-0.4, -0.2) is 57.3 Å². The number of hydrogen-bond acceptors (Lipinski definition) is 5. The summed E-state index contributed by atoms with van der Waals surface area (Å²) in [6.07, 6.45) is 0.192. The first kappa shape index (κ1) is 23.9. The molecule has 0 unspecified atom stereocenters. The third kappa shape index (κ3) is 4.68. The van der Waals surface area contributed by atoms with E-state index in [4.69, 9.17) is 5.11 Å². The van der Waals surface area contributed by atoms with Crippen LogP contribution in [0.4, 0.5) is 14.9 Å². The van der Waals surface area contributed by atoms with E-state index in [2.05, 4.69) is 0 Å². The second kappa shape index (κ2) is 9.17. The predicted molar refractivity (Wildman–Crippen MR) is 124 cm³/mol. The highest BCUT2D eigenvalue weighted by Crippen LogP contribution is 2.36. The van der Waals surface area contributed by atoms with Gasteiger partial charge in [-0.3, -0.25) is 14.4 Å². The molecule has 4 amide bonds. The second-order valence-corrected chi connectivity index (χ2v) is 10.5. The Bertz CT molecular complexity index is 1120. The number of thiophene rings is 1. The van der Waals surface area contributed by atoms with Crippen molar-refractivity contribution >= 4 is 40.8 Å². The Morgan fingerprint density at radius 3 is 2.59 bits per heavy atom. The highest BCUT2D eigenvalue weighted by molar-refractivity contribution is 7.09. The van der Waals surface area contributed by atoms with E-state index < -0.39 is 41.2 Å². The van der Waals surface area contributed by atoms with Crippen LogP contribution in [0.3, 0.4) is 0 Å². The van der Waals surface area contributed by atoms with Crippen LogP contribution in [0.25, 0.3) is 0 Å². The van der Waals surface area contributed by atoms with Crippen LogP contribution in [0.5, 0.6) is 0 Å². The molecule has 0 bridgehead atoms. The lowest BCUT2D eigenvalue weighted by molar-refractivity contribution is -0.143. The molecule has 2 saturated heterocycles. The summed E-state index contributed by atoms with van der Waals surface area (Å²) in [5.41, 5.74) is -0.692. The minimum absolute atomic E-state index is 0.0470. The van der Waals surface area contributed by atoms with Gasteiger partial charge in [0, 0.05) is 17.8 Å². The average Bonchev–Trinajstić information content (AvgIpc) is 3.40. The first-order valence-electron chi connectivity index (χ1n) is 11.0. The van der Waals surface area contributed by atoms with Crippen LogP contribution in [0.15, 0.2) is 41.8 Å². The van der Waals surface area contributed by atoms with Gasteiger partial charge in [0.25, 0.3) is 5.91 Å². The van der Waals surface area contributed by atoms with Crippen LogP contribution in [0, 0.1) is 11.2 Å². The number of aliphatic carboxylic acids is 1. The fourth-order valence-corrected chi connectivity index (χ4v) is 5.47. The summed E-state index contributed by atoms with van der Waals surface area (Å²) >= 11 is 1.48. The number of rotatable bonds is 7. The van der Waals surface area contributed by atoms with E-state index in [1.165, 1.54) is 34.4 Å². The number of urea groups is 1. The Balaban J connectivity index is 1.67. The maximum Gasteiger partial charge on any atom is 0.332 e. The normalized spacial score (nSPS) is 20.6. The molecular weight excluding hydrogens is 461 g/mol. The standard InChI is InChI=1S/C24H26FN3O5S/c1-24(2,13-20(30)31)12-19(29)26-9-8-18-21(26)22(32)28(16-6-3-5-15(25)11-16)23(33)27(18)14-17-7-4-10-34-17/h3-7,10-11,18,21H,8-9,12-14H2,1-2H3,(H,30,31)/t18-,21-/m0/s1. The van der Waals surface area contributed by atoms with Gasteiger partial charge in [0.15, 0.2) is 0 Å². The number of benzene rings is 1. The zero-order valence-corrected chi connectivity index (χ0v) is 19.8. The predicted octanol–water partition coefficient (Wildman–Crippen LogP) is 3.72. The van der Waals surface area contributed by atoms with Gasteiger partial charge < -0.3 is 14.9 Å². The van der Waals surface area contributed by atoms with E-state index in [0.717, 1.165) is 15.8 Å². The van der Waals surface area contributed by atoms with Crippen LogP contribution >= 0.6 is 11.3 Å². The summed E-state index contributed by atoms with van der Waals surface area (Å²) in [5.74, 6) is -2.50. The topological polar surface area (TPSA) is 98.2 Å². The number of likely N-dealkylation sites (tertiary alicyclic amines) is 1. The molecule has 34 heavy (non-hydrogen) atoms. The van der Waals surface area contributed by atoms with Crippen molar-refractivity contribution in [2.75, 3.05) is 11.4 Å². The Hall–Kier alpha value is -3.27. The van der Waals surface area contributed by atoms with Crippen molar-refractivity contribution in [3.63, 3.8) is 0 Å². The van der Waals surface area contributed by atoms with Crippen LogP contribution in [0.1, 0.15) is 38.0 Å². The zero-order chi connectivity index (χ0) is 24.6. The lowest BCUT2D eigenvalue weighted by Crippen LogP contribution is -2.66. The number of carboxylic acid groups (broad SMARTS) is 1. The van der Waals surface area contributed by atoms with Crippen molar-refractivity contribution in [2.24, 2.45) is 5.41 Å². The van der Waals surface area contributed by atoms with Crippen LogP contribution in [0.2, 0.25) is 0 Å². The number of carbonyl (C=O) groups is 4. The molecular formula is C24H26FN3O5S. The Labute approximate surface area is 200 Å². The second-order valence-electron chi connectivity index (χ2n) is 9.44. The molecule has 0 aliphatic carbocycles. The van der Waals surface area contributed by atoms with Gasteiger partial charge in [0.2, 0.25) is 5.91 Å². The molecule has 1 aromatic carbocycles. The smallest absolute Gasteiger partial charge is 0.332 e. The molecule has 1 aromatic heterocycles. The average molecular weight is 488 g/mol. The molecule has 10 heteroatoms. The van der Waals surface area contributed by atoms with Crippen LogP contribution < -0.4 is 4.90 Å². The largest absolute Gasteiger partial charge is 0.481 e. The number of anilines is 1. The maximum atomic E-state index is 14.0. The lowest BCUT2D eigenvalue weighted by Gasteiger charge is -2.43. The first-order valence-corrected chi connectivity index (χ1v) is 11.9. The SMILES string of the molecule is CC(C)(CC(=O)O)CC(=O)N1CC[C@H]2[C@H]1C(=O)N(c1cccc(F)c1)C(=O)N2Cc1cccs1. The van der Waals surface area contributed by atoms with E-state index in [1.807, 2.05) is 17.5 Å². The van der Waals surface area contributed by atoms with Gasteiger partial charge in [0.05, 0.1) is 24.7 Å². The maximum absolute atomic E-state index is 14.0. The van der Waals surface area contributed by atoms with Gasteiger partial charge in [-0.1, -0.05) is 26.0 Å². The van der Waals surface area contributed by atoms with E-state index in [-0.39, 0.29) is 37.5 Å². The molecule has 8 nitrogen and oxygen atoms in total. The molecule has 0 radical (unpaired) electrons. The van der Waals surface area contributed by atoms with E-state index in [9.17, 15) is 23.6 Å². The van der Waals surface area contributed by atoms with Gasteiger partial charge >= 0.3 is 12.0 Å². The van der Waals surface area contributed by atoms with E-state index in [1.54, 1.807) is 18.7 Å². The Kier molecular flexibility index (Phi) is 6.44. The van der Waals surface area contributed by atoms with Crippen molar-refractivity contribution in [1.82, 2.24) is 9.80 Å². The number of hydrogen-bond donors (Lipinski definition) is 1. The van der Waals surface area contributed by atoms with Crippen molar-refractivity contribution < 1.29 is 28.7 Å². The number of amides is 4. The van der Waals surface area contributed by atoms with Gasteiger partial charge in [-0.2, -0.15) is 0 Å². The molecule has 2 aliphatic rings. The van der Waals surface area contributed by atoms with Gasteiger partial charge in [-0.05, 0) is 41.5 Å². The highest BCUT2D eigenvalue weighted by Gasteiger charge is 2.54. The zero-order valence-electron chi connectivity index (χ0n) is 18.9. The van der Waals surface area contributed by atoms with Crippen molar-refractivity contribution in [1.29, 1.82) is 0 Å². The summed E-state index contributed by atoms with van der Waals surface area (Å²) in [5, 5.41) is 11.1. The monoisotopic (exact) mass is 487 g/mol. The summed E-state index contributed by atoms with van der Waals surface area (Å²) in [6.45, 7) is 3.93. The number of imide groups is 1. The third-order valence-electron chi connectivity index (χ3n) is 6.23. The van der Waals surface area contributed by atoms with Crippen LogP contribution in [-0.2, 0) is 20.9 Å². The molecule has 2 fully saturated rings. The minimum Gasteiger partial charge on any atom is -0.481 e. The number of carboxylic acids is 1. The van der Waals surface area contributed by atoms with Gasteiger partial charge in [-0.25, -0.2) is 14.1 Å². The first-order chi connectivity index (χ1) is 16.1. The molecule has 2 aliphatic heterocycles. The third-order valence-corrected chi connectivity index (χ3v) is 7.09. The number of fused-ring (bicyclic) bond motifs is 1. The summed E-state index contributed by atoms with van der Waals surface area (Å²) in [7, 11) is 0. The Morgan fingerprint density at radius 1 is 1.18 bits per heavy atom. The molecule has 3 heterocycles. The van der Waals surface area contributed by atoms with E-state index >= 15 is 0 Å². The molecule has 180 valence electrons. The fraction of sp³-hybridized carbons (Fsp3) is 0.417. The molecule has 0 saturated carbocycles. The summed E-state index contributed by atoms with van der Waals surface area (Å²) < 4.78 is 14.0. The molecule has 1 N–H and O–H groups in total. The molecule has 2 atom stereocenters. The fourth-order valence-electron chi connectivity index (χ4n) is 4.77. The summed E-state index contributed by atoms with van der Waals surface area (Å²) in [4.78, 5) is 56.4. The van der Waals surface area contributed by atoms with E-state index in [0.29, 0.717) is 6.42 Å². The lowest BCUT2D eigenvalue weighted by atomic mass is 9.85. The highest BCUT2D eigenvalue weighted by atomic mass is 32.1. The van der Waals surface area contributed by atoms with Crippen molar-refractivity contribution in [2.45, 2.75) is 51.7 Å². The summed E-state index contributed by atoms with van der Waals surface area (Å²) in [6, 6.07) is 7.03. The quantitative estimate of drug-likeness (QED) is 0.642. The van der Waals surface area contributed by atoms with Gasteiger partial charge in [0.1, 0.15) is 11.9 Å². The number of carbonyl (C=O) groups excluding carboxylic acids is 3. The number of nitrogens with zero attached hydrogens (tertiary/aromatic N) is 3. The van der Waals surface area contributed by atoms with Gasteiger partial charge in [-0.15, -0.1) is 11.3 Å².